The zero-order chi connectivity index (χ0) is 15.3. The number of carbonyl (C=O) groups excluding carboxylic acids is 1. The lowest BCUT2D eigenvalue weighted by atomic mass is 9.92. The summed E-state index contributed by atoms with van der Waals surface area (Å²) in [6.45, 7) is 12.2. The van der Waals surface area contributed by atoms with Crippen molar-refractivity contribution in [2.45, 2.75) is 46.6 Å². The molecule has 1 fully saturated rings. The summed E-state index contributed by atoms with van der Waals surface area (Å²) in [5.74, 6) is 1.84. The molecule has 0 aliphatic carbocycles. The van der Waals surface area contributed by atoms with Gasteiger partial charge in [0.15, 0.2) is 5.96 Å². The van der Waals surface area contributed by atoms with Gasteiger partial charge >= 0.3 is 5.97 Å². The Hall–Kier alpha value is -1.26. The van der Waals surface area contributed by atoms with E-state index >= 15 is 0 Å². The lowest BCUT2D eigenvalue weighted by Crippen LogP contribution is -2.49. The number of rotatable bonds is 2. The molecule has 2 unspecified atom stereocenters. The smallest absolute Gasteiger partial charge is 0.325 e. The summed E-state index contributed by atoms with van der Waals surface area (Å²) in [4.78, 5) is 18.2. The second kappa shape index (κ2) is 6.95. The molecule has 1 N–H and O–H groups in total. The van der Waals surface area contributed by atoms with Crippen molar-refractivity contribution in [1.29, 1.82) is 0 Å². The molecule has 5 heteroatoms. The zero-order valence-electron chi connectivity index (χ0n) is 13.7. The fourth-order valence-corrected chi connectivity index (χ4v) is 2.70. The molecule has 0 aromatic heterocycles. The first-order valence-electron chi connectivity index (χ1n) is 7.38. The van der Waals surface area contributed by atoms with Crippen LogP contribution in [-0.4, -0.2) is 49.1 Å². The minimum atomic E-state index is -0.448. The molecule has 1 aliphatic rings. The van der Waals surface area contributed by atoms with Crippen LogP contribution in [-0.2, 0) is 9.53 Å². The molecule has 20 heavy (non-hydrogen) atoms. The van der Waals surface area contributed by atoms with E-state index in [1.807, 2.05) is 20.8 Å². The number of guanidine groups is 1. The van der Waals surface area contributed by atoms with Gasteiger partial charge in [-0.05, 0) is 39.0 Å². The van der Waals surface area contributed by atoms with Gasteiger partial charge in [-0.2, -0.15) is 0 Å². The summed E-state index contributed by atoms with van der Waals surface area (Å²) in [6.07, 6.45) is 1.25. The van der Waals surface area contributed by atoms with Crippen LogP contribution in [0.25, 0.3) is 0 Å². The van der Waals surface area contributed by atoms with Crippen LogP contribution in [0.5, 0.6) is 0 Å². The maximum Gasteiger partial charge on any atom is 0.325 e. The van der Waals surface area contributed by atoms with Gasteiger partial charge in [0.25, 0.3) is 0 Å². The molecule has 0 amide bonds. The van der Waals surface area contributed by atoms with E-state index in [4.69, 9.17) is 4.74 Å². The highest BCUT2D eigenvalue weighted by molar-refractivity contribution is 5.84. The highest BCUT2D eigenvalue weighted by Gasteiger charge is 2.24. The van der Waals surface area contributed by atoms with Gasteiger partial charge in [0.2, 0.25) is 0 Å². The van der Waals surface area contributed by atoms with E-state index in [0.717, 1.165) is 19.0 Å². The normalized spacial score (nSPS) is 24.5. The maximum atomic E-state index is 11.7. The fraction of sp³-hybridized carbons (Fsp3) is 0.867. The van der Waals surface area contributed by atoms with Crippen molar-refractivity contribution in [3.8, 4) is 0 Å². The number of nitrogens with zero attached hydrogens (tertiary/aromatic N) is 2. The quantitative estimate of drug-likeness (QED) is 0.477. The van der Waals surface area contributed by atoms with Crippen LogP contribution in [0.3, 0.4) is 0 Å². The lowest BCUT2D eigenvalue weighted by Gasteiger charge is -2.37. The molecular formula is C15H29N3O2. The molecule has 1 aliphatic heterocycles. The van der Waals surface area contributed by atoms with E-state index in [1.165, 1.54) is 6.42 Å². The van der Waals surface area contributed by atoms with Gasteiger partial charge < -0.3 is 15.0 Å². The predicted molar refractivity (Wildman–Crippen MR) is 81.7 cm³/mol. The largest absolute Gasteiger partial charge is 0.459 e. The summed E-state index contributed by atoms with van der Waals surface area (Å²) in [6, 6.07) is 0. The van der Waals surface area contributed by atoms with Gasteiger partial charge in [0.1, 0.15) is 12.1 Å². The SMILES string of the molecule is CN=C(NCC(=O)OC(C)(C)C)N1CC(C)CC(C)C1. The maximum absolute atomic E-state index is 11.7. The Labute approximate surface area is 122 Å². The average Bonchev–Trinajstić information content (AvgIpc) is 2.25. The van der Waals surface area contributed by atoms with E-state index in [1.54, 1.807) is 7.05 Å². The molecular weight excluding hydrogens is 254 g/mol. The van der Waals surface area contributed by atoms with Crippen LogP contribution in [0.4, 0.5) is 0 Å². The number of nitrogens with one attached hydrogen (secondary N) is 1. The Kier molecular flexibility index (Phi) is 5.84. The molecule has 0 aromatic carbocycles. The van der Waals surface area contributed by atoms with Crippen molar-refractivity contribution < 1.29 is 9.53 Å². The third-order valence-electron chi connectivity index (χ3n) is 3.19. The fourth-order valence-electron chi connectivity index (χ4n) is 2.70. The van der Waals surface area contributed by atoms with Gasteiger partial charge in [-0.1, -0.05) is 13.8 Å². The summed E-state index contributed by atoms with van der Waals surface area (Å²) in [5.41, 5.74) is -0.448. The van der Waals surface area contributed by atoms with Crippen LogP contribution in [0.2, 0.25) is 0 Å². The van der Waals surface area contributed by atoms with Crippen LogP contribution in [0.1, 0.15) is 41.0 Å². The molecule has 0 bridgehead atoms. The van der Waals surface area contributed by atoms with Crippen LogP contribution in [0.15, 0.2) is 4.99 Å². The Morgan fingerprint density at radius 3 is 2.30 bits per heavy atom. The molecule has 1 rings (SSSR count). The van der Waals surface area contributed by atoms with Crippen LogP contribution >= 0.6 is 0 Å². The Balaban J connectivity index is 2.50. The first-order chi connectivity index (χ1) is 9.21. The monoisotopic (exact) mass is 283 g/mol. The minimum absolute atomic E-state index is 0.156. The molecule has 0 aromatic rings. The molecule has 0 radical (unpaired) electrons. The molecule has 2 atom stereocenters. The van der Waals surface area contributed by atoms with Crippen LogP contribution < -0.4 is 5.32 Å². The lowest BCUT2D eigenvalue weighted by molar-refractivity contribution is -0.153. The van der Waals surface area contributed by atoms with E-state index in [0.29, 0.717) is 11.8 Å². The van der Waals surface area contributed by atoms with Crippen molar-refractivity contribution >= 4 is 11.9 Å². The molecule has 1 heterocycles. The van der Waals surface area contributed by atoms with E-state index in [-0.39, 0.29) is 12.5 Å². The van der Waals surface area contributed by atoms with Crippen molar-refractivity contribution in [2.75, 3.05) is 26.7 Å². The number of hydrogen-bond acceptors (Lipinski definition) is 3. The van der Waals surface area contributed by atoms with E-state index < -0.39 is 5.60 Å². The predicted octanol–water partition coefficient (Wildman–Crippen LogP) is 1.88. The van der Waals surface area contributed by atoms with Crippen LogP contribution in [0, 0.1) is 11.8 Å². The number of hydrogen-bond donors (Lipinski definition) is 1. The minimum Gasteiger partial charge on any atom is -0.459 e. The van der Waals surface area contributed by atoms with Crippen molar-refractivity contribution in [1.82, 2.24) is 10.2 Å². The average molecular weight is 283 g/mol. The first-order valence-corrected chi connectivity index (χ1v) is 7.38. The number of ether oxygens (including phenoxy) is 1. The summed E-state index contributed by atoms with van der Waals surface area (Å²) >= 11 is 0. The number of esters is 1. The Bertz CT molecular complexity index is 351. The summed E-state index contributed by atoms with van der Waals surface area (Å²) < 4.78 is 5.29. The van der Waals surface area contributed by atoms with Gasteiger partial charge in [-0.3, -0.25) is 9.79 Å². The molecule has 0 spiro atoms. The summed E-state index contributed by atoms with van der Waals surface area (Å²) in [5, 5.41) is 3.10. The second-order valence-electron chi connectivity index (χ2n) is 6.84. The third-order valence-corrected chi connectivity index (χ3v) is 3.19. The second-order valence-corrected chi connectivity index (χ2v) is 6.84. The number of carbonyl (C=O) groups is 1. The highest BCUT2D eigenvalue weighted by Crippen LogP contribution is 2.20. The van der Waals surface area contributed by atoms with Crippen molar-refractivity contribution in [2.24, 2.45) is 16.8 Å². The number of aliphatic imine (C=N–C) groups is 1. The molecule has 116 valence electrons. The molecule has 5 nitrogen and oxygen atoms in total. The first kappa shape index (κ1) is 16.8. The standard InChI is InChI=1S/C15H29N3O2/c1-11-7-12(2)10-18(9-11)14(16-6)17-8-13(19)20-15(3,4)5/h11-12H,7-10H2,1-6H3,(H,16,17). The summed E-state index contributed by atoms with van der Waals surface area (Å²) in [7, 11) is 1.75. The van der Waals surface area contributed by atoms with Gasteiger partial charge in [0, 0.05) is 20.1 Å². The van der Waals surface area contributed by atoms with Gasteiger partial charge in [-0.25, -0.2) is 0 Å². The molecule has 1 saturated heterocycles. The van der Waals surface area contributed by atoms with Crippen molar-refractivity contribution in [3.05, 3.63) is 0 Å². The topological polar surface area (TPSA) is 53.9 Å². The van der Waals surface area contributed by atoms with Gasteiger partial charge in [0.05, 0.1) is 0 Å². The highest BCUT2D eigenvalue weighted by atomic mass is 16.6. The van der Waals surface area contributed by atoms with E-state index in [9.17, 15) is 4.79 Å². The molecule has 0 saturated carbocycles. The van der Waals surface area contributed by atoms with E-state index in [2.05, 4.69) is 29.1 Å². The van der Waals surface area contributed by atoms with Crippen molar-refractivity contribution in [3.63, 3.8) is 0 Å². The Morgan fingerprint density at radius 1 is 1.30 bits per heavy atom. The zero-order valence-corrected chi connectivity index (χ0v) is 13.7. The third kappa shape index (κ3) is 5.80. The Morgan fingerprint density at radius 2 is 1.85 bits per heavy atom. The number of piperidine rings is 1. The number of likely N-dealkylation sites (tertiary alicyclic amines) is 1. The van der Waals surface area contributed by atoms with Gasteiger partial charge in [-0.15, -0.1) is 0 Å².